The molecule has 286 valence electrons. The largest absolute Gasteiger partial charge is 0.310 e. The molecule has 0 aliphatic rings. The lowest BCUT2D eigenvalue weighted by molar-refractivity contribution is 1.28. The van der Waals surface area contributed by atoms with Crippen LogP contribution in [0, 0.1) is 0 Å². The monoisotopic (exact) mass is 775 g/mol. The van der Waals surface area contributed by atoms with Crippen molar-refractivity contribution in [3.8, 4) is 55.6 Å². The third-order valence-electron chi connectivity index (χ3n) is 12.0. The van der Waals surface area contributed by atoms with Crippen LogP contribution >= 0.6 is 0 Å². The molecule has 0 spiro atoms. The molecule has 0 aliphatic carbocycles. The van der Waals surface area contributed by atoms with E-state index in [2.05, 4.69) is 254 Å². The predicted octanol–water partition coefficient (Wildman–Crippen LogP) is 17.0. The summed E-state index contributed by atoms with van der Waals surface area (Å²) in [4.78, 5) is 2.40. The van der Waals surface area contributed by atoms with Gasteiger partial charge < -0.3 is 4.90 Å². The molecule has 0 amide bonds. The summed E-state index contributed by atoms with van der Waals surface area (Å²) in [6.07, 6.45) is 0. The molecule has 1 heteroatoms. The summed E-state index contributed by atoms with van der Waals surface area (Å²) in [5, 5.41) is 7.64. The van der Waals surface area contributed by atoms with Crippen LogP contribution in [0.15, 0.2) is 249 Å². The van der Waals surface area contributed by atoms with Gasteiger partial charge in [-0.05, 0) is 137 Å². The molecule has 61 heavy (non-hydrogen) atoms. The summed E-state index contributed by atoms with van der Waals surface area (Å²) in [6, 6.07) is 90.5. The van der Waals surface area contributed by atoms with Gasteiger partial charge in [-0.3, -0.25) is 0 Å². The van der Waals surface area contributed by atoms with Crippen molar-refractivity contribution in [1.82, 2.24) is 0 Å². The number of hydrogen-bond donors (Lipinski definition) is 0. The number of hydrogen-bond acceptors (Lipinski definition) is 1. The summed E-state index contributed by atoms with van der Waals surface area (Å²) in [6.45, 7) is 0. The van der Waals surface area contributed by atoms with Crippen LogP contribution in [0.1, 0.15) is 0 Å². The normalized spacial score (nSPS) is 11.3. The van der Waals surface area contributed by atoms with E-state index < -0.39 is 0 Å². The zero-order chi connectivity index (χ0) is 40.5. The highest BCUT2D eigenvalue weighted by Crippen LogP contribution is 2.43. The van der Waals surface area contributed by atoms with Gasteiger partial charge in [-0.2, -0.15) is 0 Å². The van der Waals surface area contributed by atoms with Crippen molar-refractivity contribution >= 4 is 49.4 Å². The third-order valence-corrected chi connectivity index (χ3v) is 12.0. The van der Waals surface area contributed by atoms with Crippen LogP contribution in [0.3, 0.4) is 0 Å². The molecule has 0 aromatic heterocycles. The van der Waals surface area contributed by atoms with Gasteiger partial charge in [0.25, 0.3) is 0 Å². The Kier molecular flexibility index (Phi) is 9.26. The lowest BCUT2D eigenvalue weighted by Gasteiger charge is -2.28. The predicted molar refractivity (Wildman–Crippen MR) is 261 cm³/mol. The van der Waals surface area contributed by atoms with E-state index in [0.717, 1.165) is 22.6 Å². The molecule has 11 rings (SSSR count). The first-order valence-corrected chi connectivity index (χ1v) is 21.0. The second kappa shape index (κ2) is 15.6. The van der Waals surface area contributed by atoms with Gasteiger partial charge in [-0.15, -0.1) is 0 Å². The molecule has 0 saturated heterocycles. The Morgan fingerprint density at radius 2 is 0.721 bits per heavy atom. The SMILES string of the molecule is c1ccc(-c2ccc(N(c3cccc(-c4cc(-c5ccccc5)cc(-c5ccc6c(ccc7ccc8ccccc8c76)c5)c4)c3)c3ccccc3-c3ccccc3)cc2)cc1. The number of rotatable bonds is 8. The van der Waals surface area contributed by atoms with Crippen LogP contribution < -0.4 is 4.90 Å². The molecule has 0 bridgehead atoms. The highest BCUT2D eigenvalue weighted by Gasteiger charge is 2.19. The standard InChI is InChI=1S/C60H41N/c1-4-15-42(16-5-1)44-31-34-54(35-32-44)61(59-26-13-12-24-56(59)45-19-8-3-9-20-45)55-23-14-22-48(41-55)52-38-51(43-17-6-2-7-18-43)39-53(40-52)49-33-36-58-50(37-49)30-29-47-28-27-46-21-10-11-25-57(46)60(47)58/h1-41H. The van der Waals surface area contributed by atoms with Crippen molar-refractivity contribution in [2.24, 2.45) is 0 Å². The summed E-state index contributed by atoms with van der Waals surface area (Å²) in [7, 11) is 0. The van der Waals surface area contributed by atoms with Crippen LogP contribution in [0.4, 0.5) is 17.1 Å². The number of fused-ring (bicyclic) bond motifs is 5. The van der Waals surface area contributed by atoms with Crippen molar-refractivity contribution < 1.29 is 0 Å². The van der Waals surface area contributed by atoms with Gasteiger partial charge in [0.2, 0.25) is 0 Å². The molecule has 0 radical (unpaired) electrons. The summed E-state index contributed by atoms with van der Waals surface area (Å²) in [5.74, 6) is 0. The fourth-order valence-electron chi connectivity index (χ4n) is 8.99. The van der Waals surface area contributed by atoms with Crippen LogP contribution in [0.2, 0.25) is 0 Å². The zero-order valence-electron chi connectivity index (χ0n) is 33.6. The van der Waals surface area contributed by atoms with Gasteiger partial charge in [-0.25, -0.2) is 0 Å². The molecule has 0 N–H and O–H groups in total. The van der Waals surface area contributed by atoms with E-state index >= 15 is 0 Å². The van der Waals surface area contributed by atoms with Gasteiger partial charge in [0.05, 0.1) is 5.69 Å². The van der Waals surface area contributed by atoms with Gasteiger partial charge in [-0.1, -0.05) is 194 Å². The number of anilines is 3. The van der Waals surface area contributed by atoms with E-state index in [0.29, 0.717) is 0 Å². The van der Waals surface area contributed by atoms with E-state index in [9.17, 15) is 0 Å². The summed E-state index contributed by atoms with van der Waals surface area (Å²) >= 11 is 0. The number of nitrogens with zero attached hydrogens (tertiary/aromatic N) is 1. The van der Waals surface area contributed by atoms with E-state index in [1.54, 1.807) is 0 Å². The first-order valence-electron chi connectivity index (χ1n) is 21.0. The Bertz CT molecular complexity index is 3330. The highest BCUT2D eigenvalue weighted by atomic mass is 15.1. The van der Waals surface area contributed by atoms with Crippen LogP contribution in [-0.4, -0.2) is 0 Å². The van der Waals surface area contributed by atoms with Crippen molar-refractivity contribution in [3.63, 3.8) is 0 Å². The fourth-order valence-corrected chi connectivity index (χ4v) is 8.99. The fraction of sp³-hybridized carbons (Fsp3) is 0. The smallest absolute Gasteiger partial charge is 0.0540 e. The second-order valence-electron chi connectivity index (χ2n) is 15.7. The maximum absolute atomic E-state index is 2.40. The zero-order valence-corrected chi connectivity index (χ0v) is 33.6. The summed E-state index contributed by atoms with van der Waals surface area (Å²) < 4.78 is 0. The first kappa shape index (κ1) is 36.1. The average Bonchev–Trinajstić information content (AvgIpc) is 3.35. The minimum absolute atomic E-state index is 1.09. The molecule has 0 fully saturated rings. The first-order chi connectivity index (χ1) is 30.2. The van der Waals surface area contributed by atoms with Crippen LogP contribution in [-0.2, 0) is 0 Å². The molecular formula is C60H41N. The topological polar surface area (TPSA) is 3.24 Å². The Labute approximate surface area is 357 Å². The second-order valence-corrected chi connectivity index (χ2v) is 15.7. The number of para-hydroxylation sites is 1. The Hall–Kier alpha value is -8.00. The molecule has 0 atom stereocenters. The maximum Gasteiger partial charge on any atom is 0.0540 e. The highest BCUT2D eigenvalue weighted by molar-refractivity contribution is 6.20. The van der Waals surface area contributed by atoms with E-state index in [-0.39, 0.29) is 0 Å². The maximum atomic E-state index is 2.40. The molecule has 1 nitrogen and oxygen atoms in total. The average molecular weight is 776 g/mol. The van der Waals surface area contributed by atoms with Gasteiger partial charge in [0, 0.05) is 16.9 Å². The number of benzene rings is 11. The molecule has 0 saturated carbocycles. The molecular weight excluding hydrogens is 735 g/mol. The quantitative estimate of drug-likeness (QED) is 0.139. The van der Waals surface area contributed by atoms with Gasteiger partial charge in [0.15, 0.2) is 0 Å². The minimum atomic E-state index is 1.09. The van der Waals surface area contributed by atoms with Crippen LogP contribution in [0.5, 0.6) is 0 Å². The lowest BCUT2D eigenvalue weighted by atomic mass is 9.91. The van der Waals surface area contributed by atoms with Gasteiger partial charge >= 0.3 is 0 Å². The Balaban J connectivity index is 1.06. The Morgan fingerprint density at radius 3 is 1.44 bits per heavy atom. The Morgan fingerprint density at radius 1 is 0.230 bits per heavy atom. The molecule has 0 aliphatic heterocycles. The van der Waals surface area contributed by atoms with Crippen molar-refractivity contribution in [3.05, 3.63) is 249 Å². The van der Waals surface area contributed by atoms with Crippen molar-refractivity contribution in [1.29, 1.82) is 0 Å². The van der Waals surface area contributed by atoms with Crippen LogP contribution in [0.25, 0.3) is 88.0 Å². The van der Waals surface area contributed by atoms with Crippen molar-refractivity contribution in [2.45, 2.75) is 0 Å². The molecule has 0 unspecified atom stereocenters. The van der Waals surface area contributed by atoms with Gasteiger partial charge in [0.1, 0.15) is 0 Å². The summed E-state index contributed by atoms with van der Waals surface area (Å²) in [5.41, 5.74) is 15.1. The molecule has 11 aromatic rings. The van der Waals surface area contributed by atoms with E-state index in [1.807, 2.05) is 0 Å². The lowest BCUT2D eigenvalue weighted by Crippen LogP contribution is -2.11. The molecule has 0 heterocycles. The third kappa shape index (κ3) is 6.93. The minimum Gasteiger partial charge on any atom is -0.310 e. The molecule has 11 aromatic carbocycles. The van der Waals surface area contributed by atoms with E-state index in [1.165, 1.54) is 82.4 Å². The van der Waals surface area contributed by atoms with E-state index in [4.69, 9.17) is 0 Å². The van der Waals surface area contributed by atoms with Crippen molar-refractivity contribution in [2.75, 3.05) is 4.90 Å².